The topological polar surface area (TPSA) is 64.4 Å². The number of carbonyl (C=O) groups excluding carboxylic acids is 2. The Morgan fingerprint density at radius 3 is 2.52 bits per heavy atom. The van der Waals surface area contributed by atoms with Gasteiger partial charge in [-0.05, 0) is 50.1 Å². The third-order valence-corrected chi connectivity index (χ3v) is 5.06. The number of benzene rings is 2. The number of amides is 1. The molecule has 1 aliphatic heterocycles. The fraction of sp³-hybridized carbons (Fsp3) is 0.261. The van der Waals surface area contributed by atoms with E-state index in [9.17, 15) is 9.59 Å². The second kappa shape index (κ2) is 7.54. The molecule has 2 heterocycles. The molecule has 0 saturated carbocycles. The van der Waals surface area contributed by atoms with Crippen LogP contribution < -0.4 is 9.64 Å². The maximum atomic E-state index is 13.0. The van der Waals surface area contributed by atoms with Crippen LogP contribution in [0.4, 0.5) is 5.69 Å². The van der Waals surface area contributed by atoms with Crippen LogP contribution in [0.3, 0.4) is 0 Å². The molecule has 1 aromatic heterocycles. The second-order valence-corrected chi connectivity index (χ2v) is 7.25. The van der Waals surface area contributed by atoms with E-state index in [1.807, 2.05) is 57.2 Å². The zero-order valence-corrected chi connectivity index (χ0v) is 16.8. The van der Waals surface area contributed by atoms with Gasteiger partial charge in [0.05, 0.1) is 17.9 Å². The lowest BCUT2D eigenvalue weighted by molar-refractivity contribution is -0.126. The van der Waals surface area contributed by atoms with Crippen molar-refractivity contribution in [1.82, 2.24) is 9.78 Å². The van der Waals surface area contributed by atoms with Crippen molar-refractivity contribution in [2.75, 3.05) is 4.90 Å². The van der Waals surface area contributed by atoms with E-state index < -0.39 is 6.10 Å². The van der Waals surface area contributed by atoms with Crippen molar-refractivity contribution < 1.29 is 14.3 Å². The van der Waals surface area contributed by atoms with E-state index in [2.05, 4.69) is 5.10 Å². The molecule has 6 nitrogen and oxygen atoms in total. The van der Waals surface area contributed by atoms with Gasteiger partial charge in [0.2, 0.25) is 0 Å². The molecule has 0 N–H and O–H groups in total. The number of hydrogen-bond acceptors (Lipinski definition) is 4. The van der Waals surface area contributed by atoms with Crippen LogP contribution in [0, 0.1) is 13.8 Å². The summed E-state index contributed by atoms with van der Waals surface area (Å²) in [4.78, 5) is 27.7. The summed E-state index contributed by atoms with van der Waals surface area (Å²) in [6.07, 6.45) is 0.0551. The average Bonchev–Trinajstić information content (AvgIpc) is 3.07. The predicted octanol–water partition coefficient (Wildman–Crippen LogP) is 3.89. The lowest BCUT2D eigenvalue weighted by Gasteiger charge is -2.34. The molecule has 6 heteroatoms. The molecule has 0 unspecified atom stereocenters. The van der Waals surface area contributed by atoms with Gasteiger partial charge >= 0.3 is 0 Å². The Balaban J connectivity index is 1.75. The number of nitrogens with zero attached hydrogens (tertiary/aromatic N) is 3. The summed E-state index contributed by atoms with van der Waals surface area (Å²) >= 11 is 0. The molecule has 148 valence electrons. The molecule has 0 saturated heterocycles. The molecule has 0 spiro atoms. The van der Waals surface area contributed by atoms with Gasteiger partial charge in [-0.3, -0.25) is 9.59 Å². The van der Waals surface area contributed by atoms with Crippen molar-refractivity contribution in [2.45, 2.75) is 39.8 Å². The molecule has 1 amide bonds. The van der Waals surface area contributed by atoms with Crippen LogP contribution in [0.1, 0.15) is 40.7 Å². The molecular weight excluding hydrogens is 366 g/mol. The first-order chi connectivity index (χ1) is 14.0. The number of hydrogen-bond donors (Lipinski definition) is 0. The normalized spacial score (nSPS) is 15.8. The number of rotatable bonds is 4. The number of aryl methyl sites for hydroxylation is 2. The molecule has 0 radical (unpaired) electrons. The second-order valence-electron chi connectivity index (χ2n) is 7.25. The largest absolute Gasteiger partial charge is 0.478 e. The van der Waals surface area contributed by atoms with Crippen LogP contribution >= 0.6 is 0 Å². The number of ether oxygens (including phenoxy) is 1. The Bertz CT molecular complexity index is 1070. The minimum absolute atomic E-state index is 0.0976. The highest BCUT2D eigenvalue weighted by Gasteiger charge is 2.34. The molecule has 1 atom stereocenters. The van der Waals surface area contributed by atoms with Crippen LogP contribution in [-0.4, -0.2) is 27.7 Å². The summed E-state index contributed by atoms with van der Waals surface area (Å²) in [6, 6.07) is 16.9. The Morgan fingerprint density at radius 1 is 1.10 bits per heavy atom. The smallest absolute Gasteiger partial charge is 0.278 e. The van der Waals surface area contributed by atoms with Crippen LogP contribution in [0.25, 0.3) is 0 Å². The van der Waals surface area contributed by atoms with Gasteiger partial charge in [-0.1, -0.05) is 37.3 Å². The lowest BCUT2D eigenvalue weighted by atomic mass is 10.1. The monoisotopic (exact) mass is 389 g/mol. The Kier molecular flexibility index (Phi) is 4.92. The maximum absolute atomic E-state index is 13.0. The molecule has 0 fully saturated rings. The maximum Gasteiger partial charge on any atom is 0.278 e. The first-order valence-electron chi connectivity index (χ1n) is 9.72. The van der Waals surface area contributed by atoms with E-state index in [1.54, 1.807) is 23.1 Å². The van der Waals surface area contributed by atoms with E-state index in [0.717, 1.165) is 17.0 Å². The van der Waals surface area contributed by atoms with Gasteiger partial charge in [0.15, 0.2) is 6.10 Å². The molecule has 2 aromatic carbocycles. The third kappa shape index (κ3) is 3.53. The average molecular weight is 389 g/mol. The fourth-order valence-electron chi connectivity index (χ4n) is 3.60. The van der Waals surface area contributed by atoms with E-state index in [1.165, 1.54) is 4.68 Å². The number of carbonyl (C=O) groups is 2. The summed E-state index contributed by atoms with van der Waals surface area (Å²) in [6.45, 7) is 6.04. The molecular formula is C23H23N3O3. The zero-order valence-electron chi connectivity index (χ0n) is 16.8. The summed E-state index contributed by atoms with van der Waals surface area (Å²) < 4.78 is 7.29. The number of fused-ring (bicyclic) bond motifs is 1. The van der Waals surface area contributed by atoms with Gasteiger partial charge in [0.1, 0.15) is 5.75 Å². The van der Waals surface area contributed by atoms with Gasteiger partial charge in [-0.2, -0.15) is 5.10 Å². The van der Waals surface area contributed by atoms with Crippen molar-refractivity contribution in [1.29, 1.82) is 0 Å². The van der Waals surface area contributed by atoms with Crippen LogP contribution in [0.5, 0.6) is 5.75 Å². The Morgan fingerprint density at radius 2 is 1.86 bits per heavy atom. The van der Waals surface area contributed by atoms with Crippen molar-refractivity contribution in [2.24, 2.45) is 0 Å². The zero-order chi connectivity index (χ0) is 20.5. The molecule has 4 rings (SSSR count). The van der Waals surface area contributed by atoms with Crippen molar-refractivity contribution >= 4 is 17.5 Å². The van der Waals surface area contributed by atoms with Crippen molar-refractivity contribution in [3.63, 3.8) is 0 Å². The van der Waals surface area contributed by atoms with E-state index in [-0.39, 0.29) is 11.8 Å². The molecule has 29 heavy (non-hydrogen) atoms. The van der Waals surface area contributed by atoms with Gasteiger partial charge in [0, 0.05) is 11.3 Å². The number of aromatic nitrogens is 2. The van der Waals surface area contributed by atoms with Crippen molar-refractivity contribution in [3.8, 4) is 5.75 Å². The summed E-state index contributed by atoms with van der Waals surface area (Å²) in [7, 11) is 0. The molecule has 0 aliphatic carbocycles. The minimum atomic E-state index is -0.524. The summed E-state index contributed by atoms with van der Waals surface area (Å²) in [5, 5.41) is 4.28. The fourth-order valence-corrected chi connectivity index (χ4v) is 3.60. The molecule has 1 aliphatic rings. The summed E-state index contributed by atoms with van der Waals surface area (Å²) in [5.74, 6) is 0.278. The third-order valence-electron chi connectivity index (χ3n) is 5.06. The Labute approximate surface area is 169 Å². The van der Waals surface area contributed by atoms with Gasteiger partial charge < -0.3 is 9.64 Å². The van der Waals surface area contributed by atoms with E-state index >= 15 is 0 Å². The van der Waals surface area contributed by atoms with Gasteiger partial charge in [-0.15, -0.1) is 0 Å². The quantitative estimate of drug-likeness (QED) is 0.679. The Hall–Kier alpha value is -3.41. The molecule has 3 aromatic rings. The highest BCUT2D eigenvalue weighted by molar-refractivity contribution is 6.03. The highest BCUT2D eigenvalue weighted by atomic mass is 16.5. The van der Waals surface area contributed by atoms with E-state index in [0.29, 0.717) is 30.0 Å². The predicted molar refractivity (Wildman–Crippen MR) is 110 cm³/mol. The first-order valence-corrected chi connectivity index (χ1v) is 9.72. The van der Waals surface area contributed by atoms with Gasteiger partial charge in [-0.25, -0.2) is 4.68 Å². The minimum Gasteiger partial charge on any atom is -0.478 e. The standard InChI is InChI=1S/C23H23N3O3/c1-4-20-23(28)25(14-17-8-6-5-7-9-17)19-13-18(10-11-21(19)29-20)22(27)26-16(3)12-15(2)24-26/h5-13,20H,4,14H2,1-3H3/t20-/m1/s1. The number of anilines is 1. The first kappa shape index (κ1) is 18.9. The lowest BCUT2D eigenvalue weighted by Crippen LogP contribution is -2.45. The van der Waals surface area contributed by atoms with Crippen molar-refractivity contribution in [3.05, 3.63) is 77.1 Å². The van der Waals surface area contributed by atoms with Crippen LogP contribution in [0.2, 0.25) is 0 Å². The SMILES string of the molecule is CC[C@H]1Oc2ccc(C(=O)n3nc(C)cc3C)cc2N(Cc2ccccc2)C1=O. The van der Waals surface area contributed by atoms with Crippen LogP contribution in [-0.2, 0) is 11.3 Å². The van der Waals surface area contributed by atoms with Gasteiger partial charge in [0.25, 0.3) is 11.8 Å². The van der Waals surface area contributed by atoms with E-state index in [4.69, 9.17) is 4.74 Å². The molecule has 0 bridgehead atoms. The summed E-state index contributed by atoms with van der Waals surface area (Å²) in [5.41, 5.74) is 3.63. The highest BCUT2D eigenvalue weighted by Crippen LogP contribution is 2.36. The van der Waals surface area contributed by atoms with Crippen LogP contribution in [0.15, 0.2) is 54.6 Å².